The van der Waals surface area contributed by atoms with E-state index in [4.69, 9.17) is 9.47 Å². The smallest absolute Gasteiger partial charge is 0.314 e. The van der Waals surface area contributed by atoms with Crippen molar-refractivity contribution in [3.63, 3.8) is 0 Å². The van der Waals surface area contributed by atoms with Crippen LogP contribution in [0.1, 0.15) is 0 Å². The SMILES string of the molecule is COc1ccc(OCC(=O)Nc2nc(-c3cccc([N+](=O)[O-])c3)cs2)c([N+](=O)[O-])c1. The zero-order valence-corrected chi connectivity index (χ0v) is 16.3. The average Bonchev–Trinajstić information content (AvgIpc) is 3.20. The quantitative estimate of drug-likeness (QED) is 0.421. The molecule has 0 aliphatic rings. The number of nitro benzene ring substituents is 2. The lowest BCUT2D eigenvalue weighted by atomic mass is 10.1. The number of nitrogens with one attached hydrogen (secondary N) is 1. The number of aromatic nitrogens is 1. The Labute approximate surface area is 173 Å². The van der Waals surface area contributed by atoms with Gasteiger partial charge in [0.05, 0.1) is 28.7 Å². The molecule has 0 saturated carbocycles. The second-order valence-electron chi connectivity index (χ2n) is 5.77. The van der Waals surface area contributed by atoms with Gasteiger partial charge in [0.15, 0.2) is 17.5 Å². The third-order valence-corrected chi connectivity index (χ3v) is 4.58. The van der Waals surface area contributed by atoms with Crippen molar-refractivity contribution in [1.82, 2.24) is 4.98 Å². The molecule has 3 aromatic rings. The lowest BCUT2D eigenvalue weighted by Gasteiger charge is -2.07. The van der Waals surface area contributed by atoms with E-state index < -0.39 is 22.4 Å². The van der Waals surface area contributed by atoms with Crippen molar-refractivity contribution in [3.8, 4) is 22.8 Å². The number of non-ortho nitro benzene ring substituents is 1. The molecule has 1 aromatic heterocycles. The van der Waals surface area contributed by atoms with Gasteiger partial charge in [-0.15, -0.1) is 11.3 Å². The van der Waals surface area contributed by atoms with Gasteiger partial charge in [-0.25, -0.2) is 4.98 Å². The monoisotopic (exact) mass is 430 g/mol. The molecule has 11 nitrogen and oxygen atoms in total. The number of thiazole rings is 1. The first-order valence-corrected chi connectivity index (χ1v) is 9.21. The van der Waals surface area contributed by atoms with Gasteiger partial charge in [0, 0.05) is 23.1 Å². The van der Waals surface area contributed by atoms with Gasteiger partial charge in [-0.2, -0.15) is 0 Å². The van der Waals surface area contributed by atoms with E-state index in [-0.39, 0.29) is 28.0 Å². The van der Waals surface area contributed by atoms with Crippen LogP contribution in [0.2, 0.25) is 0 Å². The summed E-state index contributed by atoms with van der Waals surface area (Å²) >= 11 is 1.13. The Morgan fingerprint density at radius 3 is 2.67 bits per heavy atom. The highest BCUT2D eigenvalue weighted by atomic mass is 32.1. The predicted molar refractivity (Wildman–Crippen MR) is 108 cm³/mol. The maximum Gasteiger partial charge on any atom is 0.314 e. The first kappa shape index (κ1) is 20.7. The zero-order valence-electron chi connectivity index (χ0n) is 15.4. The number of hydrogen-bond donors (Lipinski definition) is 1. The maximum atomic E-state index is 12.1. The van der Waals surface area contributed by atoms with Crippen molar-refractivity contribution in [2.24, 2.45) is 0 Å². The topological polar surface area (TPSA) is 147 Å². The number of ether oxygens (including phenoxy) is 2. The summed E-state index contributed by atoms with van der Waals surface area (Å²) in [5, 5.41) is 26.5. The van der Waals surface area contributed by atoms with E-state index >= 15 is 0 Å². The van der Waals surface area contributed by atoms with Crippen LogP contribution in [0.4, 0.5) is 16.5 Å². The Morgan fingerprint density at radius 1 is 1.17 bits per heavy atom. The highest BCUT2D eigenvalue weighted by Crippen LogP contribution is 2.31. The Bertz CT molecular complexity index is 1120. The number of nitrogens with zero attached hydrogens (tertiary/aromatic N) is 3. The van der Waals surface area contributed by atoms with E-state index in [9.17, 15) is 25.0 Å². The van der Waals surface area contributed by atoms with Gasteiger partial charge in [0.1, 0.15) is 5.75 Å². The number of rotatable bonds is 8. The van der Waals surface area contributed by atoms with Crippen molar-refractivity contribution in [2.45, 2.75) is 0 Å². The lowest BCUT2D eigenvalue weighted by molar-refractivity contribution is -0.385. The van der Waals surface area contributed by atoms with Crippen LogP contribution < -0.4 is 14.8 Å². The first-order valence-electron chi connectivity index (χ1n) is 8.33. The molecule has 0 atom stereocenters. The van der Waals surface area contributed by atoms with Crippen LogP contribution in [-0.2, 0) is 4.79 Å². The number of benzene rings is 2. The Balaban J connectivity index is 1.65. The van der Waals surface area contributed by atoms with E-state index in [0.717, 1.165) is 11.3 Å². The summed E-state index contributed by atoms with van der Waals surface area (Å²) in [5.41, 5.74) is 0.599. The van der Waals surface area contributed by atoms with Crippen LogP contribution in [0.15, 0.2) is 47.8 Å². The second-order valence-corrected chi connectivity index (χ2v) is 6.63. The van der Waals surface area contributed by atoms with Crippen LogP contribution in [0, 0.1) is 20.2 Å². The van der Waals surface area contributed by atoms with E-state index in [1.165, 1.54) is 37.4 Å². The average molecular weight is 430 g/mol. The molecule has 1 N–H and O–H groups in total. The number of hydrogen-bond acceptors (Lipinski definition) is 9. The molecule has 1 amide bonds. The Morgan fingerprint density at radius 2 is 1.97 bits per heavy atom. The molecule has 0 bridgehead atoms. The summed E-state index contributed by atoms with van der Waals surface area (Å²) in [7, 11) is 1.38. The van der Waals surface area contributed by atoms with Gasteiger partial charge in [-0.1, -0.05) is 12.1 Å². The normalized spacial score (nSPS) is 10.3. The molecule has 12 heteroatoms. The van der Waals surface area contributed by atoms with Gasteiger partial charge in [0.25, 0.3) is 11.6 Å². The van der Waals surface area contributed by atoms with Crippen molar-refractivity contribution in [1.29, 1.82) is 0 Å². The maximum absolute atomic E-state index is 12.1. The minimum absolute atomic E-state index is 0.0689. The standard InChI is InChI=1S/C18H14N4O7S/c1-28-13-5-6-16(15(8-13)22(26)27)29-9-17(23)20-18-19-14(10-30-18)11-3-2-4-12(7-11)21(24)25/h2-8,10H,9H2,1H3,(H,19,20,23). The molecule has 0 aliphatic carbocycles. The fraction of sp³-hybridized carbons (Fsp3) is 0.111. The van der Waals surface area contributed by atoms with E-state index in [2.05, 4.69) is 10.3 Å². The number of methoxy groups -OCH3 is 1. The predicted octanol–water partition coefficient (Wildman–Crippen LogP) is 3.65. The number of nitro groups is 2. The molecule has 0 radical (unpaired) electrons. The molecule has 30 heavy (non-hydrogen) atoms. The van der Waals surface area contributed by atoms with Gasteiger partial charge < -0.3 is 9.47 Å². The molecule has 0 fully saturated rings. The summed E-state index contributed by atoms with van der Waals surface area (Å²) in [6, 6.07) is 9.97. The van der Waals surface area contributed by atoms with Gasteiger partial charge in [0.2, 0.25) is 0 Å². The second kappa shape index (κ2) is 8.96. The number of carbonyl (C=O) groups is 1. The van der Waals surface area contributed by atoms with Crippen LogP contribution in [-0.4, -0.2) is 34.5 Å². The minimum Gasteiger partial charge on any atom is -0.496 e. The third-order valence-electron chi connectivity index (χ3n) is 3.82. The number of amides is 1. The highest BCUT2D eigenvalue weighted by Gasteiger charge is 2.18. The first-order chi connectivity index (χ1) is 14.4. The largest absolute Gasteiger partial charge is 0.496 e. The van der Waals surface area contributed by atoms with Crippen molar-refractivity contribution < 1.29 is 24.1 Å². The molecule has 2 aromatic carbocycles. The molecule has 0 unspecified atom stereocenters. The highest BCUT2D eigenvalue weighted by molar-refractivity contribution is 7.14. The fourth-order valence-corrected chi connectivity index (χ4v) is 3.17. The van der Waals surface area contributed by atoms with E-state index in [1.807, 2.05) is 0 Å². The summed E-state index contributed by atoms with van der Waals surface area (Å²) in [4.78, 5) is 37.3. The number of carbonyl (C=O) groups excluding carboxylic acids is 1. The summed E-state index contributed by atoms with van der Waals surface area (Å²) in [5.74, 6) is -0.359. The summed E-state index contributed by atoms with van der Waals surface area (Å²) in [6.45, 7) is -0.473. The summed E-state index contributed by atoms with van der Waals surface area (Å²) < 4.78 is 10.2. The van der Waals surface area contributed by atoms with Gasteiger partial charge in [-0.3, -0.25) is 30.3 Å². The molecule has 0 saturated heterocycles. The molecule has 0 spiro atoms. The van der Waals surface area contributed by atoms with Crippen molar-refractivity contribution >= 4 is 33.8 Å². The molecule has 3 rings (SSSR count). The van der Waals surface area contributed by atoms with Gasteiger partial charge in [-0.05, 0) is 12.1 Å². The van der Waals surface area contributed by atoms with Crippen molar-refractivity contribution in [2.75, 3.05) is 19.0 Å². The Kier molecular flexibility index (Phi) is 6.17. The molecular formula is C18H14N4O7S. The molecular weight excluding hydrogens is 416 g/mol. The lowest BCUT2D eigenvalue weighted by Crippen LogP contribution is -2.20. The Hall–Kier alpha value is -4.06. The summed E-state index contributed by atoms with van der Waals surface area (Å²) in [6.07, 6.45) is 0. The van der Waals surface area contributed by atoms with Gasteiger partial charge >= 0.3 is 5.69 Å². The fourth-order valence-electron chi connectivity index (χ4n) is 2.43. The molecule has 1 heterocycles. The van der Waals surface area contributed by atoms with Crippen LogP contribution in [0.25, 0.3) is 11.3 Å². The molecule has 154 valence electrons. The van der Waals surface area contributed by atoms with E-state index in [1.54, 1.807) is 17.5 Å². The minimum atomic E-state index is -0.637. The third kappa shape index (κ3) is 4.86. The van der Waals surface area contributed by atoms with Crippen molar-refractivity contribution in [3.05, 3.63) is 68.1 Å². The van der Waals surface area contributed by atoms with Crippen LogP contribution in [0.3, 0.4) is 0 Å². The van der Waals surface area contributed by atoms with Crippen LogP contribution in [0.5, 0.6) is 11.5 Å². The molecule has 0 aliphatic heterocycles. The van der Waals surface area contributed by atoms with Crippen LogP contribution >= 0.6 is 11.3 Å². The zero-order chi connectivity index (χ0) is 21.7. The van der Waals surface area contributed by atoms with E-state index in [0.29, 0.717) is 11.3 Å². The number of anilines is 1.